The molecule has 0 aliphatic carbocycles. The molecule has 0 bridgehead atoms. The van der Waals surface area contributed by atoms with Gasteiger partial charge in [0.1, 0.15) is 11.3 Å². The van der Waals surface area contributed by atoms with Crippen molar-refractivity contribution in [2.24, 2.45) is 0 Å². The van der Waals surface area contributed by atoms with Crippen LogP contribution in [0.1, 0.15) is 10.4 Å². The molecule has 3 aromatic rings. The van der Waals surface area contributed by atoms with Gasteiger partial charge in [-0.1, -0.05) is 12.1 Å². The lowest BCUT2D eigenvalue weighted by molar-refractivity contribution is 0.0958. The summed E-state index contributed by atoms with van der Waals surface area (Å²) in [5.74, 6) is 0.494. The number of pyridine rings is 2. The molecule has 0 saturated heterocycles. The monoisotopic (exact) mass is 319 g/mol. The van der Waals surface area contributed by atoms with E-state index in [1.54, 1.807) is 37.7 Å². The number of nitrogens with one attached hydrogen (secondary N) is 1. The SMILES string of the molecule is C=CCNC(=O)c1cccnc1-c1ccc(OC)c2ncccc12. The number of hydrogen-bond donors (Lipinski definition) is 1. The van der Waals surface area contributed by atoms with E-state index in [0.717, 1.165) is 16.5 Å². The lowest BCUT2D eigenvalue weighted by Crippen LogP contribution is -2.24. The van der Waals surface area contributed by atoms with Crippen molar-refractivity contribution >= 4 is 16.8 Å². The maximum absolute atomic E-state index is 12.4. The molecule has 120 valence electrons. The van der Waals surface area contributed by atoms with E-state index in [4.69, 9.17) is 4.74 Å². The molecule has 0 saturated carbocycles. The summed E-state index contributed by atoms with van der Waals surface area (Å²) in [6, 6.07) is 11.0. The third-order valence-corrected chi connectivity index (χ3v) is 3.67. The van der Waals surface area contributed by atoms with Gasteiger partial charge in [0, 0.05) is 29.9 Å². The second-order valence-corrected chi connectivity index (χ2v) is 5.11. The van der Waals surface area contributed by atoms with Gasteiger partial charge in [-0.15, -0.1) is 6.58 Å². The van der Waals surface area contributed by atoms with Crippen LogP contribution in [0.2, 0.25) is 0 Å². The van der Waals surface area contributed by atoms with Crippen molar-refractivity contribution in [3.8, 4) is 17.0 Å². The number of aromatic nitrogens is 2. The number of amides is 1. The minimum absolute atomic E-state index is 0.189. The number of nitrogens with zero attached hydrogens (tertiary/aromatic N) is 2. The Morgan fingerprint density at radius 2 is 2.00 bits per heavy atom. The molecule has 0 aliphatic rings. The first kappa shape index (κ1) is 15.7. The Balaban J connectivity index is 2.19. The van der Waals surface area contributed by atoms with Crippen LogP contribution < -0.4 is 10.1 Å². The zero-order valence-corrected chi connectivity index (χ0v) is 13.3. The van der Waals surface area contributed by atoms with E-state index in [-0.39, 0.29) is 5.91 Å². The number of carbonyl (C=O) groups excluding carboxylic acids is 1. The number of hydrogen-bond acceptors (Lipinski definition) is 4. The van der Waals surface area contributed by atoms with Crippen molar-refractivity contribution in [2.45, 2.75) is 0 Å². The second kappa shape index (κ2) is 6.91. The molecular weight excluding hydrogens is 302 g/mol. The highest BCUT2D eigenvalue weighted by Crippen LogP contribution is 2.33. The lowest BCUT2D eigenvalue weighted by atomic mass is 10.00. The number of methoxy groups -OCH3 is 1. The highest BCUT2D eigenvalue weighted by molar-refractivity contribution is 6.05. The topological polar surface area (TPSA) is 64.1 Å². The van der Waals surface area contributed by atoms with Crippen LogP contribution in [-0.4, -0.2) is 29.5 Å². The summed E-state index contributed by atoms with van der Waals surface area (Å²) < 4.78 is 5.38. The molecule has 1 aromatic carbocycles. The van der Waals surface area contributed by atoms with E-state index in [0.29, 0.717) is 23.6 Å². The smallest absolute Gasteiger partial charge is 0.253 e. The Morgan fingerprint density at radius 3 is 2.79 bits per heavy atom. The molecule has 0 spiro atoms. The van der Waals surface area contributed by atoms with Gasteiger partial charge in [0.25, 0.3) is 5.91 Å². The Morgan fingerprint density at radius 1 is 1.21 bits per heavy atom. The van der Waals surface area contributed by atoms with Gasteiger partial charge in [-0.2, -0.15) is 0 Å². The van der Waals surface area contributed by atoms with Crippen molar-refractivity contribution < 1.29 is 9.53 Å². The largest absolute Gasteiger partial charge is 0.494 e. The molecule has 1 N–H and O–H groups in total. The molecule has 0 atom stereocenters. The van der Waals surface area contributed by atoms with Gasteiger partial charge in [0.15, 0.2) is 0 Å². The van der Waals surface area contributed by atoms with Gasteiger partial charge in [-0.25, -0.2) is 0 Å². The summed E-state index contributed by atoms with van der Waals surface area (Å²) in [4.78, 5) is 21.2. The highest BCUT2D eigenvalue weighted by Gasteiger charge is 2.16. The van der Waals surface area contributed by atoms with Crippen LogP contribution in [0.25, 0.3) is 22.2 Å². The van der Waals surface area contributed by atoms with E-state index in [1.807, 2.05) is 24.3 Å². The molecule has 0 unspecified atom stereocenters. The summed E-state index contributed by atoms with van der Waals surface area (Å²) in [5.41, 5.74) is 2.69. The Kier molecular flexibility index (Phi) is 4.52. The maximum Gasteiger partial charge on any atom is 0.253 e. The van der Waals surface area contributed by atoms with Gasteiger partial charge < -0.3 is 10.1 Å². The molecule has 0 radical (unpaired) electrons. The standard InChI is InChI=1S/C19H17N3O2/c1-3-10-22-19(23)15-7-5-11-20-17(15)14-8-9-16(24-2)18-13(14)6-4-12-21-18/h3-9,11-12H,1,10H2,2H3,(H,22,23). The van der Waals surface area contributed by atoms with Crippen LogP contribution in [0.15, 0.2) is 61.4 Å². The Bertz CT molecular complexity index is 906. The van der Waals surface area contributed by atoms with E-state index >= 15 is 0 Å². The molecule has 1 amide bonds. The normalized spacial score (nSPS) is 10.4. The van der Waals surface area contributed by atoms with Crippen LogP contribution >= 0.6 is 0 Å². The van der Waals surface area contributed by atoms with Crippen molar-refractivity contribution in [1.29, 1.82) is 0 Å². The molecule has 24 heavy (non-hydrogen) atoms. The van der Waals surface area contributed by atoms with Crippen molar-refractivity contribution in [3.05, 3.63) is 67.0 Å². The van der Waals surface area contributed by atoms with E-state index in [9.17, 15) is 4.79 Å². The lowest BCUT2D eigenvalue weighted by Gasteiger charge is -2.12. The van der Waals surface area contributed by atoms with Crippen LogP contribution in [0.5, 0.6) is 5.75 Å². The molecule has 5 heteroatoms. The first-order valence-corrected chi connectivity index (χ1v) is 7.52. The molecule has 0 fully saturated rings. The van der Waals surface area contributed by atoms with Crippen molar-refractivity contribution in [2.75, 3.05) is 13.7 Å². The van der Waals surface area contributed by atoms with E-state index in [1.165, 1.54) is 0 Å². The fourth-order valence-corrected chi connectivity index (χ4v) is 2.58. The van der Waals surface area contributed by atoms with Gasteiger partial charge in [0.2, 0.25) is 0 Å². The van der Waals surface area contributed by atoms with Gasteiger partial charge in [-0.3, -0.25) is 14.8 Å². The fourth-order valence-electron chi connectivity index (χ4n) is 2.58. The molecule has 2 heterocycles. The number of carbonyl (C=O) groups is 1. The Labute approximate surface area is 140 Å². The first-order valence-electron chi connectivity index (χ1n) is 7.52. The summed E-state index contributed by atoms with van der Waals surface area (Å²) in [7, 11) is 1.61. The average molecular weight is 319 g/mol. The molecule has 2 aromatic heterocycles. The predicted molar refractivity (Wildman–Crippen MR) is 94.1 cm³/mol. The summed E-state index contributed by atoms with van der Waals surface area (Å²) in [6.07, 6.45) is 5.03. The molecule has 0 aliphatic heterocycles. The van der Waals surface area contributed by atoms with Crippen LogP contribution in [-0.2, 0) is 0 Å². The van der Waals surface area contributed by atoms with E-state index in [2.05, 4.69) is 21.9 Å². The zero-order chi connectivity index (χ0) is 16.9. The minimum atomic E-state index is -0.189. The van der Waals surface area contributed by atoms with E-state index < -0.39 is 0 Å². The second-order valence-electron chi connectivity index (χ2n) is 5.11. The van der Waals surface area contributed by atoms with Crippen LogP contribution in [0.4, 0.5) is 0 Å². The number of rotatable bonds is 5. The zero-order valence-electron chi connectivity index (χ0n) is 13.3. The van der Waals surface area contributed by atoms with Crippen LogP contribution in [0, 0.1) is 0 Å². The molecular formula is C19H17N3O2. The minimum Gasteiger partial charge on any atom is -0.494 e. The van der Waals surface area contributed by atoms with Gasteiger partial charge in [0.05, 0.1) is 18.4 Å². The third kappa shape index (κ3) is 2.84. The maximum atomic E-state index is 12.4. The van der Waals surface area contributed by atoms with Crippen molar-refractivity contribution in [3.63, 3.8) is 0 Å². The third-order valence-electron chi connectivity index (χ3n) is 3.67. The summed E-state index contributed by atoms with van der Waals surface area (Å²) in [5, 5.41) is 3.67. The number of benzene rings is 1. The number of ether oxygens (including phenoxy) is 1. The Hall–Kier alpha value is -3.21. The fraction of sp³-hybridized carbons (Fsp3) is 0.105. The average Bonchev–Trinajstić information content (AvgIpc) is 2.65. The molecule has 5 nitrogen and oxygen atoms in total. The number of fused-ring (bicyclic) bond motifs is 1. The van der Waals surface area contributed by atoms with Gasteiger partial charge >= 0.3 is 0 Å². The molecule has 3 rings (SSSR count). The summed E-state index contributed by atoms with van der Waals surface area (Å²) >= 11 is 0. The van der Waals surface area contributed by atoms with Gasteiger partial charge in [-0.05, 0) is 30.3 Å². The first-order chi connectivity index (χ1) is 11.8. The van der Waals surface area contributed by atoms with Crippen LogP contribution in [0.3, 0.4) is 0 Å². The van der Waals surface area contributed by atoms with Crippen molar-refractivity contribution in [1.82, 2.24) is 15.3 Å². The highest BCUT2D eigenvalue weighted by atomic mass is 16.5. The predicted octanol–water partition coefficient (Wildman–Crippen LogP) is 3.22. The quantitative estimate of drug-likeness (QED) is 0.733. The summed E-state index contributed by atoms with van der Waals surface area (Å²) in [6.45, 7) is 4.02.